The van der Waals surface area contributed by atoms with Crippen LogP contribution in [0, 0.1) is 12.8 Å². The van der Waals surface area contributed by atoms with Gasteiger partial charge < -0.3 is 20.7 Å². The second-order valence-electron chi connectivity index (χ2n) is 5.89. The molecule has 0 saturated heterocycles. The van der Waals surface area contributed by atoms with Crippen molar-refractivity contribution in [1.82, 2.24) is 10.6 Å². The zero-order chi connectivity index (χ0) is 18.3. The minimum atomic E-state index is -0.677. The lowest BCUT2D eigenvalue weighted by Gasteiger charge is -2.20. The van der Waals surface area contributed by atoms with Crippen LogP contribution in [0.3, 0.4) is 0 Å². The Morgan fingerprint density at radius 3 is 2.42 bits per heavy atom. The maximum Gasteiger partial charge on any atom is 0.243 e. The van der Waals surface area contributed by atoms with Crippen molar-refractivity contribution in [2.75, 3.05) is 19.0 Å². The largest absolute Gasteiger partial charge is 0.495 e. The molecular weight excluding hydrogens is 310 g/mol. The number of rotatable bonds is 7. The highest BCUT2D eigenvalue weighted by molar-refractivity contribution is 5.97. The first-order valence-corrected chi connectivity index (χ1v) is 7.74. The standard InChI is InChI=1S/C17H25N3O4/c1-10(2)16(19-12(4)21)17(23)18-9-15(22)20-13-8-11(3)6-7-14(13)24-5/h6-8,10,16H,9H2,1-5H3,(H,18,23)(H,19,21)(H,20,22). The van der Waals surface area contributed by atoms with Crippen LogP contribution >= 0.6 is 0 Å². The number of nitrogens with one attached hydrogen (secondary N) is 3. The number of anilines is 1. The molecule has 0 fully saturated rings. The maximum atomic E-state index is 12.1. The van der Waals surface area contributed by atoms with Gasteiger partial charge in [0.15, 0.2) is 0 Å². The molecule has 1 rings (SSSR count). The molecule has 7 nitrogen and oxygen atoms in total. The molecule has 0 heterocycles. The first kappa shape index (κ1) is 19.5. The molecule has 0 aliphatic rings. The molecule has 0 aliphatic heterocycles. The summed E-state index contributed by atoms with van der Waals surface area (Å²) < 4.78 is 5.19. The SMILES string of the molecule is COc1ccc(C)cc1NC(=O)CNC(=O)C(NC(C)=O)C(C)C. The van der Waals surface area contributed by atoms with Crippen LogP contribution in [0.5, 0.6) is 5.75 Å². The molecule has 1 unspecified atom stereocenters. The van der Waals surface area contributed by atoms with E-state index < -0.39 is 11.9 Å². The minimum absolute atomic E-state index is 0.0890. The lowest BCUT2D eigenvalue weighted by Crippen LogP contribution is -2.50. The fourth-order valence-electron chi connectivity index (χ4n) is 2.15. The second-order valence-corrected chi connectivity index (χ2v) is 5.89. The van der Waals surface area contributed by atoms with Gasteiger partial charge in [-0.1, -0.05) is 19.9 Å². The van der Waals surface area contributed by atoms with E-state index in [1.165, 1.54) is 14.0 Å². The van der Waals surface area contributed by atoms with Gasteiger partial charge in [0, 0.05) is 6.92 Å². The number of ether oxygens (including phenoxy) is 1. The van der Waals surface area contributed by atoms with E-state index in [0.29, 0.717) is 11.4 Å². The number of benzene rings is 1. The van der Waals surface area contributed by atoms with Crippen molar-refractivity contribution in [2.24, 2.45) is 5.92 Å². The number of hydrogen-bond acceptors (Lipinski definition) is 4. The van der Waals surface area contributed by atoms with Gasteiger partial charge in [-0.2, -0.15) is 0 Å². The molecule has 7 heteroatoms. The topological polar surface area (TPSA) is 96.5 Å². The van der Waals surface area contributed by atoms with Crippen LogP contribution < -0.4 is 20.7 Å². The molecule has 1 aromatic carbocycles. The molecule has 0 aromatic heterocycles. The van der Waals surface area contributed by atoms with Crippen LogP contribution in [-0.2, 0) is 14.4 Å². The maximum absolute atomic E-state index is 12.1. The zero-order valence-electron chi connectivity index (χ0n) is 14.7. The Labute approximate surface area is 142 Å². The van der Waals surface area contributed by atoms with Crippen molar-refractivity contribution < 1.29 is 19.1 Å². The molecular formula is C17H25N3O4. The van der Waals surface area contributed by atoms with Gasteiger partial charge in [-0.3, -0.25) is 14.4 Å². The molecule has 0 radical (unpaired) electrons. The number of carbonyl (C=O) groups excluding carboxylic acids is 3. The second kappa shape index (κ2) is 8.90. The van der Waals surface area contributed by atoms with Crippen LogP contribution in [0.2, 0.25) is 0 Å². The summed E-state index contributed by atoms with van der Waals surface area (Å²) >= 11 is 0. The fraction of sp³-hybridized carbons (Fsp3) is 0.471. The van der Waals surface area contributed by atoms with Gasteiger partial charge in [-0.15, -0.1) is 0 Å². The lowest BCUT2D eigenvalue weighted by molar-refractivity contribution is -0.130. The molecule has 24 heavy (non-hydrogen) atoms. The summed E-state index contributed by atoms with van der Waals surface area (Å²) in [5.41, 5.74) is 1.51. The van der Waals surface area contributed by atoms with Crippen molar-refractivity contribution in [2.45, 2.75) is 33.7 Å². The van der Waals surface area contributed by atoms with Gasteiger partial charge in [0.25, 0.3) is 0 Å². The molecule has 0 bridgehead atoms. The van der Waals surface area contributed by atoms with E-state index in [2.05, 4.69) is 16.0 Å². The minimum Gasteiger partial charge on any atom is -0.495 e. The quantitative estimate of drug-likeness (QED) is 0.698. The normalized spacial score (nSPS) is 11.6. The van der Waals surface area contributed by atoms with Crippen molar-refractivity contribution in [3.05, 3.63) is 23.8 Å². The van der Waals surface area contributed by atoms with Crippen LogP contribution in [0.4, 0.5) is 5.69 Å². The summed E-state index contributed by atoms with van der Waals surface area (Å²) in [4.78, 5) is 35.3. The van der Waals surface area contributed by atoms with E-state index in [-0.39, 0.29) is 24.3 Å². The highest BCUT2D eigenvalue weighted by Crippen LogP contribution is 2.24. The van der Waals surface area contributed by atoms with E-state index in [0.717, 1.165) is 5.56 Å². The molecule has 3 N–H and O–H groups in total. The molecule has 132 valence electrons. The third kappa shape index (κ3) is 5.91. The van der Waals surface area contributed by atoms with Crippen LogP contribution in [0.15, 0.2) is 18.2 Å². The summed E-state index contributed by atoms with van der Waals surface area (Å²) in [5, 5.41) is 7.81. The van der Waals surface area contributed by atoms with E-state index in [1.54, 1.807) is 12.1 Å². The van der Waals surface area contributed by atoms with Gasteiger partial charge >= 0.3 is 0 Å². The number of amides is 3. The van der Waals surface area contributed by atoms with Crippen molar-refractivity contribution in [3.8, 4) is 5.75 Å². The predicted molar refractivity (Wildman–Crippen MR) is 91.8 cm³/mol. The fourth-order valence-corrected chi connectivity index (χ4v) is 2.15. The molecule has 1 atom stereocenters. The first-order valence-electron chi connectivity index (χ1n) is 7.74. The Morgan fingerprint density at radius 2 is 1.88 bits per heavy atom. The van der Waals surface area contributed by atoms with Crippen molar-refractivity contribution >= 4 is 23.4 Å². The van der Waals surface area contributed by atoms with Crippen LogP contribution in [-0.4, -0.2) is 37.4 Å². The average Bonchev–Trinajstić information content (AvgIpc) is 2.50. The Kier molecular flexibility index (Phi) is 7.23. The van der Waals surface area contributed by atoms with Gasteiger partial charge in [0.2, 0.25) is 17.7 Å². The third-order valence-corrected chi connectivity index (χ3v) is 3.36. The van der Waals surface area contributed by atoms with E-state index in [1.807, 2.05) is 26.8 Å². The Balaban J connectivity index is 2.64. The number of hydrogen-bond donors (Lipinski definition) is 3. The van der Waals surface area contributed by atoms with Crippen molar-refractivity contribution in [1.29, 1.82) is 0 Å². The molecule has 0 spiro atoms. The first-order chi connectivity index (χ1) is 11.2. The van der Waals surface area contributed by atoms with Gasteiger partial charge in [-0.25, -0.2) is 0 Å². The molecule has 0 saturated carbocycles. The number of aryl methyl sites for hydroxylation is 1. The Morgan fingerprint density at radius 1 is 1.21 bits per heavy atom. The van der Waals surface area contributed by atoms with Gasteiger partial charge in [0.05, 0.1) is 19.3 Å². The van der Waals surface area contributed by atoms with E-state index in [4.69, 9.17) is 4.74 Å². The summed E-state index contributed by atoms with van der Waals surface area (Å²) in [6.45, 7) is 6.69. The Hall–Kier alpha value is -2.57. The average molecular weight is 335 g/mol. The number of methoxy groups -OCH3 is 1. The smallest absolute Gasteiger partial charge is 0.243 e. The Bertz CT molecular complexity index is 614. The highest BCUT2D eigenvalue weighted by Gasteiger charge is 2.23. The van der Waals surface area contributed by atoms with E-state index in [9.17, 15) is 14.4 Å². The monoisotopic (exact) mass is 335 g/mol. The molecule has 0 aliphatic carbocycles. The lowest BCUT2D eigenvalue weighted by atomic mass is 10.0. The van der Waals surface area contributed by atoms with Crippen molar-refractivity contribution in [3.63, 3.8) is 0 Å². The van der Waals surface area contributed by atoms with Crippen LogP contribution in [0.1, 0.15) is 26.3 Å². The number of carbonyl (C=O) groups is 3. The van der Waals surface area contributed by atoms with E-state index >= 15 is 0 Å². The van der Waals surface area contributed by atoms with Crippen LogP contribution in [0.25, 0.3) is 0 Å². The summed E-state index contributed by atoms with van der Waals surface area (Å²) in [7, 11) is 1.52. The molecule has 3 amide bonds. The summed E-state index contributed by atoms with van der Waals surface area (Å²) in [6, 6.07) is 4.74. The van der Waals surface area contributed by atoms with Gasteiger partial charge in [-0.05, 0) is 30.5 Å². The third-order valence-electron chi connectivity index (χ3n) is 3.36. The predicted octanol–water partition coefficient (Wildman–Crippen LogP) is 1.22. The zero-order valence-corrected chi connectivity index (χ0v) is 14.7. The molecule has 1 aromatic rings. The van der Waals surface area contributed by atoms with Gasteiger partial charge in [0.1, 0.15) is 11.8 Å². The highest BCUT2D eigenvalue weighted by atomic mass is 16.5. The summed E-state index contributed by atoms with van der Waals surface area (Å²) in [5.74, 6) is -0.616. The summed E-state index contributed by atoms with van der Waals surface area (Å²) in [6.07, 6.45) is 0.